The van der Waals surface area contributed by atoms with E-state index in [4.69, 9.17) is 19.5 Å². The average molecular weight is 940 g/mol. The number of carbonyl (C=O) groups is 3. The van der Waals surface area contributed by atoms with Crippen LogP contribution >= 0.6 is 35.2 Å². The Morgan fingerprint density at radius 2 is 1.70 bits per heavy atom. The van der Waals surface area contributed by atoms with E-state index >= 15 is 0 Å². The van der Waals surface area contributed by atoms with E-state index in [1.165, 1.54) is 13.8 Å². The van der Waals surface area contributed by atoms with E-state index in [-0.39, 0.29) is 66.1 Å². The van der Waals surface area contributed by atoms with Gasteiger partial charge in [0.2, 0.25) is 11.8 Å². The maximum atomic E-state index is 12.7. The number of phosphoric ester groups is 3. The van der Waals surface area contributed by atoms with Crippen molar-refractivity contribution in [2.24, 2.45) is 11.3 Å². The maximum absolute atomic E-state index is 12.7. The van der Waals surface area contributed by atoms with Gasteiger partial charge in [0.15, 0.2) is 22.8 Å². The minimum atomic E-state index is -5.59. The fourth-order valence-electron chi connectivity index (χ4n) is 5.41. The van der Waals surface area contributed by atoms with Crippen molar-refractivity contribution in [3.63, 3.8) is 0 Å². The first-order valence-corrected chi connectivity index (χ1v) is 23.7. The third-order valence-electron chi connectivity index (χ3n) is 8.98. The van der Waals surface area contributed by atoms with Gasteiger partial charge in [0, 0.05) is 37.1 Å². The van der Waals surface area contributed by atoms with Crippen molar-refractivity contribution in [2.45, 2.75) is 96.2 Å². The van der Waals surface area contributed by atoms with Gasteiger partial charge in [-0.25, -0.2) is 28.6 Å². The van der Waals surface area contributed by atoms with Crippen molar-refractivity contribution >= 4 is 69.1 Å². The highest BCUT2D eigenvalue weighted by Gasteiger charge is 2.50. The van der Waals surface area contributed by atoms with Gasteiger partial charge in [-0.3, -0.25) is 32.5 Å². The molecule has 2 amide bonds. The summed E-state index contributed by atoms with van der Waals surface area (Å²) in [6.07, 6.45) is -8.16. The number of imidazole rings is 1. The molecule has 10 atom stereocenters. The number of aliphatic hydroxyl groups excluding tert-OH is 4. The Morgan fingerprint density at radius 3 is 2.35 bits per heavy atom. The zero-order valence-corrected chi connectivity index (χ0v) is 36.3. The fourth-order valence-corrected chi connectivity index (χ4v) is 8.98. The predicted octanol–water partition coefficient (Wildman–Crippen LogP) is -0.787. The van der Waals surface area contributed by atoms with Gasteiger partial charge in [-0.05, 0) is 12.3 Å². The first kappa shape index (κ1) is 51.8. The van der Waals surface area contributed by atoms with E-state index < -0.39 is 96.8 Å². The summed E-state index contributed by atoms with van der Waals surface area (Å²) in [5, 5.41) is 46.1. The van der Waals surface area contributed by atoms with E-state index in [0.29, 0.717) is 0 Å². The molecule has 2 aromatic heterocycles. The van der Waals surface area contributed by atoms with Crippen molar-refractivity contribution in [1.82, 2.24) is 30.2 Å². The molecular weight excluding hydrogens is 887 g/mol. The molecule has 0 bridgehead atoms. The lowest BCUT2D eigenvalue weighted by Crippen LogP contribution is -2.46. The lowest BCUT2D eigenvalue weighted by molar-refractivity contribution is -0.137. The summed E-state index contributed by atoms with van der Waals surface area (Å²) in [5.41, 5.74) is 4.21. The van der Waals surface area contributed by atoms with E-state index in [2.05, 4.69) is 34.4 Å². The molecule has 0 radical (unpaired) electrons. The number of rotatable bonds is 25. The SMILES string of the molecule is CC[C@H](C)[C@@H](O)C[C@H](O)CC(=O)SCCNC(=O)CCNC(=O)C(O)C(C)(C)COP(=O)(O)OP(=O)(O)OC[C@H]1O[C@@H](n2cnc3c(N)ncnc32)[C@H](O)[C@@H]1OP(=O)(O)O. The molecule has 342 valence electrons. The molecule has 3 unspecified atom stereocenters. The lowest BCUT2D eigenvalue weighted by Gasteiger charge is -2.30. The van der Waals surface area contributed by atoms with Crippen LogP contribution in [-0.2, 0) is 50.7 Å². The molecule has 1 saturated heterocycles. The molecule has 3 rings (SSSR count). The van der Waals surface area contributed by atoms with Crippen molar-refractivity contribution in [3.8, 4) is 0 Å². The monoisotopic (exact) mass is 939 g/mol. The number of nitrogens with zero attached hydrogens (tertiary/aromatic N) is 4. The van der Waals surface area contributed by atoms with Crippen molar-refractivity contribution in [1.29, 1.82) is 0 Å². The summed E-state index contributed by atoms with van der Waals surface area (Å²) in [6, 6.07) is 0. The number of nitrogens with one attached hydrogen (secondary N) is 2. The largest absolute Gasteiger partial charge is 0.481 e. The molecule has 1 fully saturated rings. The number of anilines is 1. The molecule has 2 aromatic rings. The number of fused-ring (bicyclic) bond motifs is 1. The molecule has 12 N–H and O–H groups in total. The highest BCUT2D eigenvalue weighted by Crippen LogP contribution is 2.61. The second-order valence-corrected chi connectivity index (χ2v) is 19.7. The summed E-state index contributed by atoms with van der Waals surface area (Å²) in [7, 11) is -16.4. The van der Waals surface area contributed by atoms with Crippen LogP contribution in [0.1, 0.15) is 59.6 Å². The number of thioether (sulfide) groups is 1. The zero-order chi connectivity index (χ0) is 45.2. The Labute approximate surface area is 347 Å². The highest BCUT2D eigenvalue weighted by molar-refractivity contribution is 8.13. The van der Waals surface area contributed by atoms with Gasteiger partial charge in [-0.1, -0.05) is 45.9 Å². The molecule has 60 heavy (non-hydrogen) atoms. The van der Waals surface area contributed by atoms with Crippen LogP contribution in [0.4, 0.5) is 5.82 Å². The van der Waals surface area contributed by atoms with Gasteiger partial charge in [-0.15, -0.1) is 0 Å². The average Bonchev–Trinajstić information content (AvgIpc) is 3.70. The first-order chi connectivity index (χ1) is 27.8. The third kappa shape index (κ3) is 16.0. The molecule has 30 heteroatoms. The van der Waals surface area contributed by atoms with E-state index in [0.717, 1.165) is 35.4 Å². The van der Waals surface area contributed by atoms with Crippen LogP contribution in [0.25, 0.3) is 11.2 Å². The summed E-state index contributed by atoms with van der Waals surface area (Å²) in [5.74, 6) is -1.38. The van der Waals surface area contributed by atoms with Crippen molar-refractivity contribution in [2.75, 3.05) is 37.8 Å². The molecule has 0 saturated carbocycles. The number of hydrogen-bond donors (Lipinski definition) is 11. The Balaban J connectivity index is 1.44. The van der Waals surface area contributed by atoms with Gasteiger partial charge >= 0.3 is 23.5 Å². The van der Waals surface area contributed by atoms with Crippen LogP contribution in [0.5, 0.6) is 0 Å². The minimum absolute atomic E-state index is 0.0217. The topological polar surface area (TPSA) is 404 Å². The van der Waals surface area contributed by atoms with Crippen molar-refractivity contribution in [3.05, 3.63) is 12.7 Å². The van der Waals surface area contributed by atoms with Gasteiger partial charge in [0.05, 0.1) is 31.7 Å². The van der Waals surface area contributed by atoms with E-state index in [1.54, 1.807) is 0 Å². The number of aliphatic hydroxyl groups is 4. The summed E-state index contributed by atoms with van der Waals surface area (Å²) in [4.78, 5) is 87.8. The van der Waals surface area contributed by atoms with E-state index in [1.807, 2.05) is 13.8 Å². The predicted molar refractivity (Wildman–Crippen MR) is 208 cm³/mol. The maximum Gasteiger partial charge on any atom is 0.481 e. The van der Waals surface area contributed by atoms with Crippen LogP contribution in [0, 0.1) is 11.3 Å². The summed E-state index contributed by atoms with van der Waals surface area (Å²) < 4.78 is 62.1. The molecule has 26 nitrogen and oxygen atoms in total. The second kappa shape index (κ2) is 22.2. The zero-order valence-electron chi connectivity index (χ0n) is 32.8. The lowest BCUT2D eigenvalue weighted by atomic mass is 9.87. The highest BCUT2D eigenvalue weighted by atomic mass is 32.2. The van der Waals surface area contributed by atoms with Crippen LogP contribution < -0.4 is 16.4 Å². The third-order valence-corrected chi connectivity index (χ3v) is 13.0. The second-order valence-electron chi connectivity index (χ2n) is 14.3. The summed E-state index contributed by atoms with van der Waals surface area (Å²) in [6.45, 7) is 4.00. The molecule has 0 aromatic carbocycles. The number of amides is 2. The number of nitrogens with two attached hydrogens (primary N) is 1. The normalized spacial score (nSPS) is 22.7. The van der Waals surface area contributed by atoms with Gasteiger partial charge < -0.3 is 61.1 Å². The quantitative estimate of drug-likeness (QED) is 0.0429. The van der Waals surface area contributed by atoms with Crippen LogP contribution in [0.15, 0.2) is 12.7 Å². The molecule has 1 aliphatic rings. The van der Waals surface area contributed by atoms with Crippen LogP contribution in [-0.4, -0.2) is 145 Å². The fraction of sp³-hybridized carbons (Fsp3) is 0.733. The van der Waals surface area contributed by atoms with Crippen molar-refractivity contribution < 1.29 is 90.7 Å². The molecular formula is C30H52N7O19P3S. The summed E-state index contributed by atoms with van der Waals surface area (Å²) >= 11 is 0.898. The van der Waals surface area contributed by atoms with Crippen LogP contribution in [0.2, 0.25) is 0 Å². The molecule has 1 aliphatic heterocycles. The number of ether oxygens (including phenoxy) is 1. The van der Waals surface area contributed by atoms with Gasteiger partial charge in [-0.2, -0.15) is 4.31 Å². The van der Waals surface area contributed by atoms with Crippen LogP contribution in [0.3, 0.4) is 0 Å². The number of carbonyl (C=O) groups excluding carboxylic acids is 3. The first-order valence-electron chi connectivity index (χ1n) is 18.2. The Hall–Kier alpha value is -2.52. The molecule has 0 spiro atoms. The van der Waals surface area contributed by atoms with E-state index in [9.17, 15) is 68.1 Å². The number of nitrogen functional groups attached to an aromatic ring is 1. The Kier molecular flexibility index (Phi) is 19.2. The smallest absolute Gasteiger partial charge is 0.393 e. The molecule has 0 aliphatic carbocycles. The Morgan fingerprint density at radius 1 is 1.03 bits per heavy atom. The number of aromatic nitrogens is 4. The van der Waals surface area contributed by atoms with Gasteiger partial charge in [0.25, 0.3) is 0 Å². The molecule has 3 heterocycles. The Bertz CT molecular complexity index is 1920. The minimum Gasteiger partial charge on any atom is -0.393 e. The standard InChI is InChI=1S/C30H52N7O19P3S/c1-5-16(2)18(39)10-17(38)11-21(41)60-9-8-32-20(40)6-7-33-28(44)25(43)30(3,4)13-53-59(50,51)56-58(48,49)52-12-19-24(55-57(45,46)47)23(42)29(54-19)37-15-36-22-26(31)34-14-35-27(22)37/h14-19,23-25,29,38-39,42-43H,5-13H2,1-4H3,(H,32,40)(H,33,44)(H,48,49)(H,50,51)(H2,31,34,35)(H2,45,46,47)/t16-,17-,18-,19+,23+,24+,25?,29+/m0/s1. The number of phosphoric acid groups is 3. The van der Waals surface area contributed by atoms with Gasteiger partial charge in [0.1, 0.15) is 36.3 Å². The number of hydrogen-bond acceptors (Lipinski definition) is 20.